The molecular formula is C21H20N2O5. The highest BCUT2D eigenvalue weighted by molar-refractivity contribution is 5.94. The second-order valence-corrected chi connectivity index (χ2v) is 6.16. The zero-order valence-corrected chi connectivity index (χ0v) is 15.4. The van der Waals surface area contributed by atoms with E-state index in [-0.39, 0.29) is 23.9 Å². The van der Waals surface area contributed by atoms with Crippen molar-refractivity contribution in [1.82, 2.24) is 0 Å². The van der Waals surface area contributed by atoms with Crippen LogP contribution in [0.15, 0.2) is 64.0 Å². The van der Waals surface area contributed by atoms with E-state index in [9.17, 15) is 14.4 Å². The number of nitrogens with one attached hydrogen (secondary N) is 2. The van der Waals surface area contributed by atoms with Gasteiger partial charge in [0.25, 0.3) is 5.91 Å². The summed E-state index contributed by atoms with van der Waals surface area (Å²) in [5.74, 6) is -0.0125. The van der Waals surface area contributed by atoms with Crippen molar-refractivity contribution in [3.05, 3.63) is 65.0 Å². The average molecular weight is 380 g/mol. The quantitative estimate of drug-likeness (QED) is 0.653. The van der Waals surface area contributed by atoms with Crippen LogP contribution < -0.4 is 20.8 Å². The van der Waals surface area contributed by atoms with E-state index < -0.39 is 0 Å². The Morgan fingerprint density at radius 2 is 1.75 bits per heavy atom. The minimum atomic E-state index is -0.355. The number of amides is 2. The van der Waals surface area contributed by atoms with Gasteiger partial charge in [0.1, 0.15) is 11.3 Å². The van der Waals surface area contributed by atoms with Crippen LogP contribution in [0, 0.1) is 0 Å². The Morgan fingerprint density at radius 3 is 2.50 bits per heavy atom. The first-order chi connectivity index (χ1) is 13.5. The molecule has 1 heterocycles. The lowest BCUT2D eigenvalue weighted by Crippen LogP contribution is -2.20. The normalized spacial score (nSPS) is 10.5. The Morgan fingerprint density at radius 1 is 1.00 bits per heavy atom. The summed E-state index contributed by atoms with van der Waals surface area (Å²) in [6.07, 6.45) is 2.52. The molecule has 0 aliphatic heterocycles. The van der Waals surface area contributed by atoms with Gasteiger partial charge in [-0.3, -0.25) is 14.4 Å². The molecule has 2 aromatic carbocycles. The first-order valence-electron chi connectivity index (χ1n) is 8.89. The summed E-state index contributed by atoms with van der Waals surface area (Å²) in [5, 5.41) is 5.94. The topological polar surface area (TPSA) is 97.6 Å². The number of hydrogen-bond donors (Lipinski definition) is 2. The SMILES string of the molecule is CCCC(=O)Nc1cccc(NC(=O)COc2ccc3c(=O)ccoc3c2)c1. The molecule has 2 amide bonds. The first kappa shape index (κ1) is 19.2. The molecule has 0 unspecified atom stereocenters. The van der Waals surface area contributed by atoms with Gasteiger partial charge in [-0.25, -0.2) is 0 Å². The molecule has 28 heavy (non-hydrogen) atoms. The Balaban J connectivity index is 1.58. The van der Waals surface area contributed by atoms with Crippen molar-refractivity contribution in [3.8, 4) is 5.75 Å². The minimum Gasteiger partial charge on any atom is -0.484 e. The van der Waals surface area contributed by atoms with E-state index in [1.807, 2.05) is 6.92 Å². The largest absolute Gasteiger partial charge is 0.484 e. The maximum absolute atomic E-state index is 12.1. The van der Waals surface area contributed by atoms with Crippen molar-refractivity contribution >= 4 is 34.2 Å². The number of fused-ring (bicyclic) bond motifs is 1. The second-order valence-electron chi connectivity index (χ2n) is 6.16. The second kappa shape index (κ2) is 8.85. The van der Waals surface area contributed by atoms with Gasteiger partial charge in [-0.1, -0.05) is 13.0 Å². The highest BCUT2D eigenvalue weighted by Gasteiger charge is 2.07. The summed E-state index contributed by atoms with van der Waals surface area (Å²) in [6.45, 7) is 1.72. The molecule has 0 fully saturated rings. The molecule has 0 aliphatic rings. The molecule has 0 aliphatic carbocycles. The van der Waals surface area contributed by atoms with Crippen LogP contribution in [0.3, 0.4) is 0 Å². The van der Waals surface area contributed by atoms with E-state index in [0.717, 1.165) is 6.42 Å². The van der Waals surface area contributed by atoms with Gasteiger partial charge in [0, 0.05) is 29.9 Å². The fourth-order valence-electron chi connectivity index (χ4n) is 2.62. The Hall–Kier alpha value is -3.61. The van der Waals surface area contributed by atoms with E-state index in [1.54, 1.807) is 42.5 Å². The number of carbonyl (C=O) groups is 2. The molecule has 1 aromatic heterocycles. The van der Waals surface area contributed by atoms with E-state index in [2.05, 4.69) is 10.6 Å². The maximum Gasteiger partial charge on any atom is 0.262 e. The van der Waals surface area contributed by atoms with Crippen molar-refractivity contribution in [2.45, 2.75) is 19.8 Å². The summed E-state index contributed by atoms with van der Waals surface area (Å²) in [6, 6.07) is 13.0. The number of ether oxygens (including phenoxy) is 1. The van der Waals surface area contributed by atoms with Crippen LogP contribution >= 0.6 is 0 Å². The lowest BCUT2D eigenvalue weighted by Gasteiger charge is -2.10. The summed E-state index contributed by atoms with van der Waals surface area (Å²) in [7, 11) is 0. The summed E-state index contributed by atoms with van der Waals surface area (Å²) < 4.78 is 10.8. The van der Waals surface area contributed by atoms with Crippen molar-refractivity contribution < 1.29 is 18.7 Å². The summed E-state index contributed by atoms with van der Waals surface area (Å²) in [5.41, 5.74) is 1.41. The smallest absolute Gasteiger partial charge is 0.262 e. The van der Waals surface area contributed by atoms with Gasteiger partial charge in [0.05, 0.1) is 11.6 Å². The number of carbonyl (C=O) groups excluding carboxylic acids is 2. The van der Waals surface area contributed by atoms with Gasteiger partial charge < -0.3 is 19.8 Å². The van der Waals surface area contributed by atoms with Crippen LogP contribution in [-0.4, -0.2) is 18.4 Å². The number of hydrogen-bond acceptors (Lipinski definition) is 5. The van der Waals surface area contributed by atoms with E-state index in [1.165, 1.54) is 12.3 Å². The molecule has 144 valence electrons. The van der Waals surface area contributed by atoms with Gasteiger partial charge in [-0.15, -0.1) is 0 Å². The predicted octanol–water partition coefficient (Wildman–Crippen LogP) is 3.55. The number of rotatable bonds is 7. The van der Waals surface area contributed by atoms with Crippen LogP contribution in [0.25, 0.3) is 11.0 Å². The van der Waals surface area contributed by atoms with Gasteiger partial charge in [-0.05, 0) is 36.8 Å². The third-order valence-corrected chi connectivity index (χ3v) is 3.91. The molecule has 7 heteroatoms. The van der Waals surface area contributed by atoms with Crippen molar-refractivity contribution in [2.75, 3.05) is 17.2 Å². The maximum atomic E-state index is 12.1. The van der Waals surface area contributed by atoms with Crippen molar-refractivity contribution in [3.63, 3.8) is 0 Å². The third kappa shape index (κ3) is 4.97. The number of benzene rings is 2. The van der Waals surface area contributed by atoms with Crippen LogP contribution in [0.1, 0.15) is 19.8 Å². The van der Waals surface area contributed by atoms with Gasteiger partial charge >= 0.3 is 0 Å². The Kier molecular flexibility index (Phi) is 6.06. The zero-order valence-electron chi connectivity index (χ0n) is 15.4. The lowest BCUT2D eigenvalue weighted by molar-refractivity contribution is -0.118. The van der Waals surface area contributed by atoms with Crippen LogP contribution in [-0.2, 0) is 9.59 Å². The molecule has 0 atom stereocenters. The van der Waals surface area contributed by atoms with E-state index in [0.29, 0.717) is 34.5 Å². The Labute approximate surface area is 161 Å². The van der Waals surface area contributed by atoms with Crippen LogP contribution in [0.2, 0.25) is 0 Å². The molecule has 7 nitrogen and oxygen atoms in total. The molecule has 0 saturated carbocycles. The molecule has 0 radical (unpaired) electrons. The number of anilines is 2. The molecule has 0 spiro atoms. The highest BCUT2D eigenvalue weighted by atomic mass is 16.5. The molecule has 0 saturated heterocycles. The van der Waals surface area contributed by atoms with Crippen molar-refractivity contribution in [1.29, 1.82) is 0 Å². The minimum absolute atomic E-state index is 0.0720. The fraction of sp³-hybridized carbons (Fsp3) is 0.190. The van der Waals surface area contributed by atoms with Crippen molar-refractivity contribution in [2.24, 2.45) is 0 Å². The Bertz CT molecular complexity index is 1060. The van der Waals surface area contributed by atoms with Crippen LogP contribution in [0.5, 0.6) is 5.75 Å². The molecule has 3 rings (SSSR count). The molecule has 2 N–H and O–H groups in total. The van der Waals surface area contributed by atoms with Gasteiger partial charge in [0.15, 0.2) is 12.0 Å². The van der Waals surface area contributed by atoms with E-state index in [4.69, 9.17) is 9.15 Å². The monoisotopic (exact) mass is 380 g/mol. The van der Waals surface area contributed by atoms with Crippen LogP contribution in [0.4, 0.5) is 11.4 Å². The average Bonchev–Trinajstić information content (AvgIpc) is 2.67. The standard InChI is InChI=1S/C21H20N2O5/c1-2-4-20(25)22-14-5-3-6-15(11-14)23-21(26)13-28-16-7-8-17-18(24)9-10-27-19(17)12-16/h3,5-12H,2,4,13H2,1H3,(H,22,25)(H,23,26). The lowest BCUT2D eigenvalue weighted by atomic mass is 10.2. The zero-order chi connectivity index (χ0) is 19.9. The van der Waals surface area contributed by atoms with E-state index >= 15 is 0 Å². The van der Waals surface area contributed by atoms with Gasteiger partial charge in [-0.2, -0.15) is 0 Å². The molecule has 3 aromatic rings. The first-order valence-corrected chi connectivity index (χ1v) is 8.89. The highest BCUT2D eigenvalue weighted by Crippen LogP contribution is 2.19. The summed E-state index contributed by atoms with van der Waals surface area (Å²) >= 11 is 0. The summed E-state index contributed by atoms with van der Waals surface area (Å²) in [4.78, 5) is 35.5. The van der Waals surface area contributed by atoms with Gasteiger partial charge in [0.2, 0.25) is 5.91 Å². The third-order valence-electron chi connectivity index (χ3n) is 3.91. The molecular weight excluding hydrogens is 360 g/mol. The fourth-order valence-corrected chi connectivity index (χ4v) is 2.62. The predicted molar refractivity (Wildman–Crippen MR) is 107 cm³/mol. The molecule has 0 bridgehead atoms.